The fourth-order valence-electron chi connectivity index (χ4n) is 2.79. The largest absolute Gasteiger partial charge is 0.324 e. The molecule has 1 aromatic rings. The van der Waals surface area contributed by atoms with Gasteiger partial charge in [0.05, 0.1) is 0 Å². The summed E-state index contributed by atoms with van der Waals surface area (Å²) in [6.07, 6.45) is 6.87. The van der Waals surface area contributed by atoms with Gasteiger partial charge in [-0.1, -0.05) is 56.5 Å². The number of benzene rings is 1. The van der Waals surface area contributed by atoms with Crippen LogP contribution in [0, 0.1) is 5.92 Å². The molecule has 2 heteroatoms. The number of hydrogen-bond acceptors (Lipinski definition) is 2. The summed E-state index contributed by atoms with van der Waals surface area (Å²) in [5, 5.41) is 3.69. The highest BCUT2D eigenvalue weighted by Crippen LogP contribution is 2.21. The first-order valence-electron chi connectivity index (χ1n) is 7.31. The average Bonchev–Trinajstić information content (AvgIpc) is 2.46. The molecule has 0 bridgehead atoms. The predicted molar refractivity (Wildman–Crippen MR) is 77.4 cm³/mol. The molecule has 2 atom stereocenters. The third kappa shape index (κ3) is 3.82. The van der Waals surface area contributed by atoms with Gasteiger partial charge in [-0.05, 0) is 30.9 Å². The molecule has 0 aliphatic heterocycles. The van der Waals surface area contributed by atoms with Crippen LogP contribution < -0.4 is 11.1 Å². The summed E-state index contributed by atoms with van der Waals surface area (Å²) in [5.41, 5.74) is 7.56. The van der Waals surface area contributed by atoms with E-state index < -0.39 is 0 Å². The molecule has 3 N–H and O–H groups in total. The Labute approximate surface area is 111 Å². The standard InChI is InChI=1S/C16H26N2/c1-13(12-18-15-10-6-3-7-11-15)16(17)14-8-4-2-5-9-14/h2,4-5,8-9,13,15-16,18H,3,6-7,10-12,17H2,1H3. The van der Waals surface area contributed by atoms with Crippen LogP contribution in [0.15, 0.2) is 30.3 Å². The first kappa shape index (κ1) is 13.6. The van der Waals surface area contributed by atoms with E-state index >= 15 is 0 Å². The molecule has 0 aromatic heterocycles. The Kier molecular flexibility index (Phi) is 5.21. The third-order valence-corrected chi connectivity index (χ3v) is 4.13. The third-order valence-electron chi connectivity index (χ3n) is 4.13. The lowest BCUT2D eigenvalue weighted by Crippen LogP contribution is -2.37. The Morgan fingerprint density at radius 2 is 1.83 bits per heavy atom. The van der Waals surface area contributed by atoms with Crippen molar-refractivity contribution in [3.05, 3.63) is 35.9 Å². The Bertz CT molecular complexity index is 330. The average molecular weight is 246 g/mol. The zero-order valence-electron chi connectivity index (χ0n) is 11.4. The highest BCUT2D eigenvalue weighted by molar-refractivity contribution is 5.19. The Morgan fingerprint density at radius 3 is 2.50 bits per heavy atom. The molecule has 2 unspecified atom stereocenters. The monoisotopic (exact) mass is 246 g/mol. The molecule has 2 rings (SSSR count). The van der Waals surface area contributed by atoms with Crippen LogP contribution in [0.3, 0.4) is 0 Å². The SMILES string of the molecule is CC(CNC1CCCCC1)C(N)c1ccccc1. The molecule has 0 heterocycles. The zero-order valence-corrected chi connectivity index (χ0v) is 11.4. The Morgan fingerprint density at radius 1 is 1.17 bits per heavy atom. The molecule has 100 valence electrons. The van der Waals surface area contributed by atoms with Gasteiger partial charge < -0.3 is 11.1 Å². The summed E-state index contributed by atoms with van der Waals surface area (Å²) in [5.74, 6) is 0.481. The molecule has 0 amide bonds. The highest BCUT2D eigenvalue weighted by atomic mass is 14.9. The molecule has 18 heavy (non-hydrogen) atoms. The maximum Gasteiger partial charge on any atom is 0.0333 e. The van der Waals surface area contributed by atoms with Crippen molar-refractivity contribution in [3.8, 4) is 0 Å². The fourth-order valence-corrected chi connectivity index (χ4v) is 2.79. The molecule has 1 aromatic carbocycles. The van der Waals surface area contributed by atoms with E-state index in [1.807, 2.05) is 6.07 Å². The van der Waals surface area contributed by atoms with Gasteiger partial charge in [0.1, 0.15) is 0 Å². The van der Waals surface area contributed by atoms with Crippen LogP contribution in [0.25, 0.3) is 0 Å². The van der Waals surface area contributed by atoms with Gasteiger partial charge in [0.25, 0.3) is 0 Å². The van der Waals surface area contributed by atoms with E-state index in [4.69, 9.17) is 5.73 Å². The molecule has 1 aliphatic carbocycles. The maximum absolute atomic E-state index is 6.31. The van der Waals surface area contributed by atoms with Gasteiger partial charge in [-0.3, -0.25) is 0 Å². The predicted octanol–water partition coefficient (Wildman–Crippen LogP) is 3.24. The van der Waals surface area contributed by atoms with Crippen molar-refractivity contribution in [1.82, 2.24) is 5.32 Å². The van der Waals surface area contributed by atoms with E-state index in [1.54, 1.807) is 0 Å². The fraction of sp³-hybridized carbons (Fsp3) is 0.625. The van der Waals surface area contributed by atoms with Gasteiger partial charge in [0.15, 0.2) is 0 Å². The van der Waals surface area contributed by atoms with E-state index in [-0.39, 0.29) is 6.04 Å². The van der Waals surface area contributed by atoms with Crippen molar-refractivity contribution in [2.24, 2.45) is 11.7 Å². The summed E-state index contributed by atoms with van der Waals surface area (Å²) in [4.78, 5) is 0. The van der Waals surface area contributed by atoms with Crippen molar-refractivity contribution < 1.29 is 0 Å². The van der Waals surface area contributed by atoms with E-state index in [9.17, 15) is 0 Å². The van der Waals surface area contributed by atoms with Crippen LogP contribution in [-0.2, 0) is 0 Å². The summed E-state index contributed by atoms with van der Waals surface area (Å²) in [6, 6.07) is 11.3. The quantitative estimate of drug-likeness (QED) is 0.837. The van der Waals surface area contributed by atoms with Gasteiger partial charge >= 0.3 is 0 Å². The van der Waals surface area contributed by atoms with Gasteiger partial charge in [-0.15, -0.1) is 0 Å². The molecule has 2 nitrogen and oxygen atoms in total. The topological polar surface area (TPSA) is 38.0 Å². The van der Waals surface area contributed by atoms with Crippen molar-refractivity contribution in [2.45, 2.75) is 51.1 Å². The van der Waals surface area contributed by atoms with Crippen LogP contribution in [0.2, 0.25) is 0 Å². The molecular formula is C16H26N2. The summed E-state index contributed by atoms with van der Waals surface area (Å²) in [7, 11) is 0. The number of rotatable bonds is 5. The Balaban J connectivity index is 1.78. The van der Waals surface area contributed by atoms with Crippen LogP contribution in [0.1, 0.15) is 50.6 Å². The normalized spacial score (nSPS) is 20.6. The number of nitrogens with two attached hydrogens (primary N) is 1. The summed E-state index contributed by atoms with van der Waals surface area (Å²) >= 11 is 0. The molecular weight excluding hydrogens is 220 g/mol. The number of nitrogens with one attached hydrogen (secondary N) is 1. The minimum Gasteiger partial charge on any atom is -0.324 e. The minimum absolute atomic E-state index is 0.141. The lowest BCUT2D eigenvalue weighted by molar-refractivity contribution is 0.336. The van der Waals surface area contributed by atoms with Gasteiger partial charge in [0.2, 0.25) is 0 Å². The summed E-state index contributed by atoms with van der Waals surface area (Å²) in [6.45, 7) is 3.27. The number of hydrogen-bond donors (Lipinski definition) is 2. The molecule has 1 fully saturated rings. The highest BCUT2D eigenvalue weighted by Gasteiger charge is 2.17. The molecule has 1 saturated carbocycles. The second-order valence-corrected chi connectivity index (χ2v) is 5.66. The maximum atomic E-state index is 6.31. The van der Waals surface area contributed by atoms with E-state index in [0.717, 1.165) is 12.6 Å². The first-order chi connectivity index (χ1) is 8.77. The Hall–Kier alpha value is -0.860. The van der Waals surface area contributed by atoms with Crippen LogP contribution in [0.5, 0.6) is 0 Å². The molecule has 0 saturated heterocycles. The van der Waals surface area contributed by atoms with E-state index in [0.29, 0.717) is 5.92 Å². The minimum atomic E-state index is 0.141. The van der Waals surface area contributed by atoms with E-state index in [1.165, 1.54) is 37.7 Å². The second-order valence-electron chi connectivity index (χ2n) is 5.66. The summed E-state index contributed by atoms with van der Waals surface area (Å²) < 4.78 is 0. The van der Waals surface area contributed by atoms with Gasteiger partial charge in [-0.2, -0.15) is 0 Å². The molecule has 0 spiro atoms. The lowest BCUT2D eigenvalue weighted by atomic mass is 9.92. The van der Waals surface area contributed by atoms with Crippen molar-refractivity contribution in [1.29, 1.82) is 0 Å². The van der Waals surface area contributed by atoms with Crippen LogP contribution >= 0.6 is 0 Å². The van der Waals surface area contributed by atoms with E-state index in [2.05, 4.69) is 36.5 Å². The van der Waals surface area contributed by atoms with Crippen molar-refractivity contribution in [2.75, 3.05) is 6.54 Å². The van der Waals surface area contributed by atoms with Crippen molar-refractivity contribution >= 4 is 0 Å². The zero-order chi connectivity index (χ0) is 12.8. The first-order valence-corrected chi connectivity index (χ1v) is 7.31. The van der Waals surface area contributed by atoms with Crippen LogP contribution in [0.4, 0.5) is 0 Å². The smallest absolute Gasteiger partial charge is 0.0333 e. The van der Waals surface area contributed by atoms with Crippen LogP contribution in [-0.4, -0.2) is 12.6 Å². The lowest BCUT2D eigenvalue weighted by Gasteiger charge is -2.27. The second kappa shape index (κ2) is 6.91. The van der Waals surface area contributed by atoms with Gasteiger partial charge in [0, 0.05) is 12.1 Å². The van der Waals surface area contributed by atoms with Crippen molar-refractivity contribution in [3.63, 3.8) is 0 Å². The van der Waals surface area contributed by atoms with Gasteiger partial charge in [-0.25, -0.2) is 0 Å². The molecule has 1 aliphatic rings. The molecule has 0 radical (unpaired) electrons.